The zero-order chi connectivity index (χ0) is 21.8. The Morgan fingerprint density at radius 3 is 2.52 bits per heavy atom. The molecule has 31 heavy (non-hydrogen) atoms. The van der Waals surface area contributed by atoms with Crippen molar-refractivity contribution < 1.29 is 0 Å². The van der Waals surface area contributed by atoms with E-state index in [0.717, 1.165) is 34.5 Å². The van der Waals surface area contributed by atoms with Gasteiger partial charge in [-0.25, -0.2) is 4.79 Å². The third-order valence-electron chi connectivity index (χ3n) is 5.22. The second-order valence-corrected chi connectivity index (χ2v) is 7.70. The third kappa shape index (κ3) is 4.26. The molecule has 7 heteroatoms. The average molecular weight is 415 g/mol. The second-order valence-electron chi connectivity index (χ2n) is 7.70. The summed E-state index contributed by atoms with van der Waals surface area (Å²) in [5.41, 5.74) is 5.02. The lowest BCUT2D eigenvalue weighted by Gasteiger charge is -2.10. The van der Waals surface area contributed by atoms with Crippen LogP contribution in [0.25, 0.3) is 22.9 Å². The molecule has 0 bridgehead atoms. The Morgan fingerprint density at radius 1 is 1.06 bits per heavy atom. The van der Waals surface area contributed by atoms with Crippen LogP contribution in [-0.4, -0.2) is 29.3 Å². The van der Waals surface area contributed by atoms with E-state index < -0.39 is 0 Å². The summed E-state index contributed by atoms with van der Waals surface area (Å²) in [6.45, 7) is 6.66. The number of tetrazole rings is 1. The van der Waals surface area contributed by atoms with Gasteiger partial charge in [0.1, 0.15) is 6.33 Å². The van der Waals surface area contributed by atoms with Crippen molar-refractivity contribution in [2.45, 2.75) is 39.8 Å². The Balaban J connectivity index is 1.66. The predicted molar refractivity (Wildman–Crippen MR) is 122 cm³/mol. The largest absolute Gasteiger partial charge is 0.329 e. The fraction of sp³-hybridized carbons (Fsp3) is 0.250. The molecule has 0 atom stereocenters. The van der Waals surface area contributed by atoms with Crippen LogP contribution in [0.5, 0.6) is 0 Å². The highest BCUT2D eigenvalue weighted by Gasteiger charge is 2.13. The van der Waals surface area contributed by atoms with Crippen molar-refractivity contribution in [1.29, 1.82) is 0 Å². The SMILES string of the molecule is CCC=Cc1cn(C(C)C)c(=O)n1Cc1ccc(-c2ccccc2-n2cnnn2)cc1. The van der Waals surface area contributed by atoms with E-state index in [4.69, 9.17) is 0 Å². The van der Waals surface area contributed by atoms with E-state index in [0.29, 0.717) is 6.54 Å². The summed E-state index contributed by atoms with van der Waals surface area (Å²) in [5.74, 6) is 0. The van der Waals surface area contributed by atoms with E-state index in [9.17, 15) is 4.79 Å². The van der Waals surface area contributed by atoms with Crippen molar-refractivity contribution in [2.24, 2.45) is 0 Å². The van der Waals surface area contributed by atoms with Gasteiger partial charge in [0.15, 0.2) is 0 Å². The molecule has 0 N–H and O–H groups in total. The van der Waals surface area contributed by atoms with Crippen molar-refractivity contribution in [3.8, 4) is 16.8 Å². The van der Waals surface area contributed by atoms with Crippen molar-refractivity contribution in [3.05, 3.63) is 88.9 Å². The number of imidazole rings is 1. The molecule has 0 amide bonds. The molecule has 4 aromatic rings. The molecule has 0 radical (unpaired) electrons. The average Bonchev–Trinajstić information content (AvgIpc) is 3.42. The van der Waals surface area contributed by atoms with E-state index in [1.54, 1.807) is 15.6 Å². The topological polar surface area (TPSA) is 70.5 Å². The number of benzene rings is 2. The number of hydrogen-bond donors (Lipinski definition) is 0. The summed E-state index contributed by atoms with van der Waals surface area (Å²) in [7, 11) is 0. The first-order valence-corrected chi connectivity index (χ1v) is 10.5. The van der Waals surface area contributed by atoms with Gasteiger partial charge < -0.3 is 0 Å². The number of rotatable bonds is 7. The molecule has 0 aliphatic rings. The highest BCUT2D eigenvalue weighted by atomic mass is 16.1. The van der Waals surface area contributed by atoms with Gasteiger partial charge in [-0.05, 0) is 54.0 Å². The zero-order valence-corrected chi connectivity index (χ0v) is 18.0. The minimum atomic E-state index is 0.0128. The summed E-state index contributed by atoms with van der Waals surface area (Å²) in [5, 5.41) is 11.5. The van der Waals surface area contributed by atoms with E-state index in [2.05, 4.69) is 52.8 Å². The Morgan fingerprint density at radius 2 is 1.84 bits per heavy atom. The van der Waals surface area contributed by atoms with Crippen molar-refractivity contribution in [1.82, 2.24) is 29.3 Å². The molecule has 0 spiro atoms. The van der Waals surface area contributed by atoms with Gasteiger partial charge in [0, 0.05) is 17.8 Å². The van der Waals surface area contributed by atoms with Crippen LogP contribution >= 0.6 is 0 Å². The van der Waals surface area contributed by atoms with E-state index in [1.807, 2.05) is 55.0 Å². The van der Waals surface area contributed by atoms with Crippen molar-refractivity contribution >= 4 is 6.08 Å². The van der Waals surface area contributed by atoms with Crippen LogP contribution in [0.2, 0.25) is 0 Å². The first-order chi connectivity index (χ1) is 15.1. The van der Waals surface area contributed by atoms with Crippen LogP contribution in [0.15, 0.2) is 71.9 Å². The van der Waals surface area contributed by atoms with Gasteiger partial charge in [-0.2, -0.15) is 4.68 Å². The van der Waals surface area contributed by atoms with Gasteiger partial charge >= 0.3 is 5.69 Å². The van der Waals surface area contributed by atoms with Gasteiger partial charge in [-0.1, -0.05) is 55.5 Å². The molecule has 158 valence electrons. The Kier molecular flexibility index (Phi) is 5.93. The predicted octanol–water partition coefficient (Wildman–Crippen LogP) is 4.34. The molecule has 0 fully saturated rings. The van der Waals surface area contributed by atoms with Crippen molar-refractivity contribution in [2.75, 3.05) is 0 Å². The minimum Gasteiger partial charge on any atom is -0.296 e. The first kappa shape index (κ1) is 20.5. The van der Waals surface area contributed by atoms with E-state index in [1.165, 1.54) is 0 Å². The van der Waals surface area contributed by atoms with Crippen LogP contribution in [0.1, 0.15) is 44.5 Å². The lowest BCUT2D eigenvalue weighted by Crippen LogP contribution is -2.26. The molecule has 0 aliphatic heterocycles. The van der Waals surface area contributed by atoms with Crippen LogP contribution in [-0.2, 0) is 6.54 Å². The fourth-order valence-electron chi connectivity index (χ4n) is 3.58. The minimum absolute atomic E-state index is 0.0128. The molecular formula is C24H26N6O. The molecule has 7 nitrogen and oxygen atoms in total. The Hall–Kier alpha value is -3.74. The second kappa shape index (κ2) is 8.95. The maximum Gasteiger partial charge on any atom is 0.329 e. The maximum atomic E-state index is 12.9. The summed E-state index contributed by atoms with van der Waals surface area (Å²) in [4.78, 5) is 12.9. The zero-order valence-electron chi connectivity index (χ0n) is 18.0. The summed E-state index contributed by atoms with van der Waals surface area (Å²) in [6.07, 6.45) is 8.56. The molecule has 0 aliphatic carbocycles. The van der Waals surface area contributed by atoms with Crippen molar-refractivity contribution in [3.63, 3.8) is 0 Å². The van der Waals surface area contributed by atoms with Gasteiger partial charge in [0.2, 0.25) is 0 Å². The molecule has 2 aromatic heterocycles. The third-order valence-corrected chi connectivity index (χ3v) is 5.22. The molecule has 0 saturated heterocycles. The Labute approximate surface area is 181 Å². The lowest BCUT2D eigenvalue weighted by molar-refractivity contribution is 0.561. The highest BCUT2D eigenvalue weighted by Crippen LogP contribution is 2.26. The quantitative estimate of drug-likeness (QED) is 0.451. The van der Waals surface area contributed by atoms with E-state index >= 15 is 0 Å². The molecule has 2 aromatic carbocycles. The molecular weight excluding hydrogens is 388 g/mol. The number of para-hydroxylation sites is 1. The molecule has 0 unspecified atom stereocenters. The van der Waals surface area contributed by atoms with Crippen LogP contribution < -0.4 is 5.69 Å². The fourth-order valence-corrected chi connectivity index (χ4v) is 3.58. The number of hydrogen-bond acceptors (Lipinski definition) is 4. The lowest BCUT2D eigenvalue weighted by atomic mass is 10.0. The van der Waals surface area contributed by atoms with Gasteiger partial charge in [-0.15, -0.1) is 5.10 Å². The van der Waals surface area contributed by atoms with E-state index in [-0.39, 0.29) is 11.7 Å². The molecule has 4 rings (SSSR count). The number of nitrogens with zero attached hydrogens (tertiary/aromatic N) is 6. The van der Waals surface area contributed by atoms with Crippen LogP contribution in [0, 0.1) is 0 Å². The standard InChI is InChI=1S/C24H26N6O/c1-4-5-8-21-16-28(18(2)3)24(31)29(21)15-19-11-13-20(14-12-19)22-9-6-7-10-23(22)30-17-25-26-27-30/h5-14,16-18H,4,15H2,1-3H3. The maximum absolute atomic E-state index is 12.9. The number of allylic oxidation sites excluding steroid dienone is 1. The smallest absolute Gasteiger partial charge is 0.296 e. The summed E-state index contributed by atoms with van der Waals surface area (Å²) in [6, 6.07) is 16.4. The van der Waals surface area contributed by atoms with Crippen LogP contribution in [0.3, 0.4) is 0 Å². The monoisotopic (exact) mass is 414 g/mol. The number of aromatic nitrogens is 6. The van der Waals surface area contributed by atoms with Gasteiger partial charge in [0.25, 0.3) is 0 Å². The highest BCUT2D eigenvalue weighted by molar-refractivity contribution is 5.72. The first-order valence-electron chi connectivity index (χ1n) is 10.5. The Bertz CT molecular complexity index is 1230. The molecule has 2 heterocycles. The summed E-state index contributed by atoms with van der Waals surface area (Å²) >= 11 is 0. The normalized spacial score (nSPS) is 11.6. The van der Waals surface area contributed by atoms with Crippen LogP contribution in [0.4, 0.5) is 0 Å². The van der Waals surface area contributed by atoms with Gasteiger partial charge in [0.05, 0.1) is 17.9 Å². The summed E-state index contributed by atoms with van der Waals surface area (Å²) < 4.78 is 5.27. The molecule has 0 saturated carbocycles. The van der Waals surface area contributed by atoms with Gasteiger partial charge in [-0.3, -0.25) is 9.13 Å².